The minimum Gasteiger partial charge on any atom is -0.445 e. The summed E-state index contributed by atoms with van der Waals surface area (Å²) in [6.45, 7) is 8.94. The number of ether oxygens (including phenoxy) is 3. The van der Waals surface area contributed by atoms with Crippen molar-refractivity contribution in [2.75, 3.05) is 40.0 Å². The summed E-state index contributed by atoms with van der Waals surface area (Å²) in [5.74, 6) is 0.506. The molecule has 1 atom stereocenters. The highest BCUT2D eigenvalue weighted by molar-refractivity contribution is 5.69. The normalized spacial score (nSPS) is 22.2. The molecule has 2 aromatic carbocycles. The van der Waals surface area contributed by atoms with Crippen LogP contribution in [0.15, 0.2) is 48.5 Å². The zero-order chi connectivity index (χ0) is 23.3. The van der Waals surface area contributed by atoms with Gasteiger partial charge in [-0.3, -0.25) is 4.90 Å². The molecule has 33 heavy (non-hydrogen) atoms. The molecule has 3 aliphatic rings. The van der Waals surface area contributed by atoms with E-state index in [1.807, 2.05) is 13.8 Å². The molecule has 6 nitrogen and oxygen atoms in total. The predicted octanol–water partition coefficient (Wildman–Crippen LogP) is 4.57. The lowest BCUT2D eigenvalue weighted by atomic mass is 9.86. The van der Waals surface area contributed by atoms with Gasteiger partial charge in [0.1, 0.15) is 6.10 Å². The van der Waals surface area contributed by atoms with E-state index in [-0.39, 0.29) is 12.2 Å². The van der Waals surface area contributed by atoms with E-state index >= 15 is 0 Å². The SMILES string of the molecule is COCCOCc1ccc(-c2ccc(C(C)(C)NC(=O)OC3CN4CCC3CC4)cc2)cc1. The van der Waals surface area contributed by atoms with Gasteiger partial charge in [0.15, 0.2) is 0 Å². The van der Waals surface area contributed by atoms with Crippen LogP contribution in [0.4, 0.5) is 4.79 Å². The fraction of sp³-hybridized carbons (Fsp3) is 0.519. The smallest absolute Gasteiger partial charge is 0.408 e. The molecule has 1 unspecified atom stereocenters. The van der Waals surface area contributed by atoms with E-state index < -0.39 is 5.54 Å². The number of hydrogen-bond donors (Lipinski definition) is 1. The number of methoxy groups -OCH3 is 1. The van der Waals surface area contributed by atoms with Crippen LogP contribution in [0.2, 0.25) is 0 Å². The largest absolute Gasteiger partial charge is 0.445 e. The molecule has 0 aliphatic carbocycles. The van der Waals surface area contributed by atoms with E-state index in [4.69, 9.17) is 14.2 Å². The van der Waals surface area contributed by atoms with Crippen LogP contribution in [0.1, 0.15) is 37.8 Å². The van der Waals surface area contributed by atoms with Gasteiger partial charge in [0.2, 0.25) is 0 Å². The molecule has 2 bridgehead atoms. The molecule has 1 amide bonds. The lowest BCUT2D eigenvalue weighted by molar-refractivity contribution is -0.0349. The summed E-state index contributed by atoms with van der Waals surface area (Å²) in [5.41, 5.74) is 3.94. The van der Waals surface area contributed by atoms with Crippen molar-refractivity contribution in [2.45, 2.75) is 44.9 Å². The second-order valence-corrected chi connectivity index (χ2v) is 9.65. The Hall–Kier alpha value is -2.41. The molecular formula is C27H36N2O4. The third-order valence-electron chi connectivity index (χ3n) is 6.86. The Labute approximate surface area is 197 Å². The Kier molecular flexibility index (Phi) is 7.68. The molecule has 2 aromatic rings. The maximum atomic E-state index is 12.6. The van der Waals surface area contributed by atoms with Gasteiger partial charge < -0.3 is 19.5 Å². The van der Waals surface area contributed by atoms with Gasteiger partial charge in [0.05, 0.1) is 25.4 Å². The second kappa shape index (κ2) is 10.7. The first-order valence-corrected chi connectivity index (χ1v) is 11.9. The third kappa shape index (κ3) is 6.14. The minimum absolute atomic E-state index is 0.0130. The molecule has 0 spiro atoms. The van der Waals surface area contributed by atoms with Crippen LogP contribution >= 0.6 is 0 Å². The number of carbonyl (C=O) groups excluding carboxylic acids is 1. The summed E-state index contributed by atoms with van der Waals surface area (Å²) >= 11 is 0. The Morgan fingerprint density at radius 1 is 1.00 bits per heavy atom. The van der Waals surface area contributed by atoms with Crippen LogP contribution in [0.25, 0.3) is 11.1 Å². The van der Waals surface area contributed by atoms with Crippen molar-refractivity contribution in [1.82, 2.24) is 10.2 Å². The Morgan fingerprint density at radius 3 is 2.21 bits per heavy atom. The summed E-state index contributed by atoms with van der Waals surface area (Å²) in [6, 6.07) is 16.7. The maximum Gasteiger partial charge on any atom is 0.408 e. The van der Waals surface area contributed by atoms with Crippen molar-refractivity contribution in [2.24, 2.45) is 5.92 Å². The monoisotopic (exact) mass is 452 g/mol. The summed E-state index contributed by atoms with van der Waals surface area (Å²) in [4.78, 5) is 15.0. The zero-order valence-electron chi connectivity index (χ0n) is 20.0. The highest BCUT2D eigenvalue weighted by Crippen LogP contribution is 2.30. The number of rotatable bonds is 9. The number of alkyl carbamates (subject to hydrolysis) is 1. The number of nitrogens with one attached hydrogen (secondary N) is 1. The van der Waals surface area contributed by atoms with Crippen LogP contribution in [0.3, 0.4) is 0 Å². The lowest BCUT2D eigenvalue weighted by Crippen LogP contribution is -2.53. The van der Waals surface area contributed by atoms with E-state index in [1.54, 1.807) is 7.11 Å². The van der Waals surface area contributed by atoms with E-state index in [0.717, 1.165) is 54.7 Å². The van der Waals surface area contributed by atoms with Crippen LogP contribution in [-0.2, 0) is 26.4 Å². The number of piperidine rings is 3. The first kappa shape index (κ1) is 23.7. The number of hydrogen-bond acceptors (Lipinski definition) is 5. The lowest BCUT2D eigenvalue weighted by Gasteiger charge is -2.44. The van der Waals surface area contributed by atoms with E-state index in [9.17, 15) is 4.79 Å². The second-order valence-electron chi connectivity index (χ2n) is 9.65. The van der Waals surface area contributed by atoms with Crippen molar-refractivity contribution in [3.05, 3.63) is 59.7 Å². The van der Waals surface area contributed by atoms with Gasteiger partial charge >= 0.3 is 6.09 Å². The average molecular weight is 453 g/mol. The van der Waals surface area contributed by atoms with Gasteiger partial charge in [-0.2, -0.15) is 0 Å². The summed E-state index contributed by atoms with van der Waals surface area (Å²) in [6.07, 6.45) is 1.94. The highest BCUT2D eigenvalue weighted by Gasteiger charge is 2.37. The maximum absolute atomic E-state index is 12.6. The number of fused-ring (bicyclic) bond motifs is 3. The van der Waals surface area contributed by atoms with E-state index in [1.165, 1.54) is 0 Å². The van der Waals surface area contributed by atoms with Crippen molar-refractivity contribution in [3.8, 4) is 11.1 Å². The van der Waals surface area contributed by atoms with Gasteiger partial charge in [-0.05, 0) is 68.0 Å². The van der Waals surface area contributed by atoms with Crippen molar-refractivity contribution < 1.29 is 19.0 Å². The van der Waals surface area contributed by atoms with Crippen LogP contribution in [0, 0.1) is 5.92 Å². The van der Waals surface area contributed by atoms with Crippen molar-refractivity contribution in [3.63, 3.8) is 0 Å². The number of nitrogens with zero attached hydrogens (tertiary/aromatic N) is 1. The molecule has 0 aromatic heterocycles. The molecule has 0 radical (unpaired) electrons. The standard InChI is InChI=1S/C27H36N2O4/c1-27(2,28-26(30)33-25-18-29-14-12-23(25)13-15-29)24-10-8-22(9-11-24)21-6-4-20(5-7-21)19-32-17-16-31-3/h4-11,23,25H,12-19H2,1-3H3,(H,28,30). The topological polar surface area (TPSA) is 60.0 Å². The van der Waals surface area contributed by atoms with Gasteiger partial charge in [0, 0.05) is 13.7 Å². The molecule has 3 aliphatic heterocycles. The van der Waals surface area contributed by atoms with Crippen LogP contribution in [-0.4, -0.2) is 57.1 Å². The average Bonchev–Trinajstić information content (AvgIpc) is 2.83. The number of carbonyl (C=O) groups is 1. The molecule has 1 N–H and O–H groups in total. The summed E-state index contributed by atoms with van der Waals surface area (Å²) < 4.78 is 16.4. The van der Waals surface area contributed by atoms with Gasteiger partial charge in [-0.25, -0.2) is 4.79 Å². The number of benzene rings is 2. The third-order valence-corrected chi connectivity index (χ3v) is 6.86. The first-order chi connectivity index (χ1) is 15.9. The molecule has 178 valence electrons. The number of amides is 1. The first-order valence-electron chi connectivity index (χ1n) is 11.9. The van der Waals surface area contributed by atoms with Crippen molar-refractivity contribution >= 4 is 6.09 Å². The van der Waals surface area contributed by atoms with Gasteiger partial charge in [-0.1, -0.05) is 48.5 Å². The van der Waals surface area contributed by atoms with Gasteiger partial charge in [-0.15, -0.1) is 0 Å². The molecule has 5 rings (SSSR count). The van der Waals surface area contributed by atoms with Crippen LogP contribution in [0.5, 0.6) is 0 Å². The fourth-order valence-corrected chi connectivity index (χ4v) is 4.74. The molecule has 6 heteroatoms. The minimum atomic E-state index is -0.521. The molecule has 3 heterocycles. The Bertz CT molecular complexity index is 903. The highest BCUT2D eigenvalue weighted by atomic mass is 16.6. The van der Waals surface area contributed by atoms with E-state index in [0.29, 0.717) is 25.7 Å². The molecule has 0 saturated carbocycles. The van der Waals surface area contributed by atoms with Crippen LogP contribution < -0.4 is 5.32 Å². The quantitative estimate of drug-likeness (QED) is 0.565. The Balaban J connectivity index is 1.32. The Morgan fingerprint density at radius 2 is 1.64 bits per heavy atom. The van der Waals surface area contributed by atoms with E-state index in [2.05, 4.69) is 58.7 Å². The zero-order valence-corrected chi connectivity index (χ0v) is 20.0. The fourth-order valence-electron chi connectivity index (χ4n) is 4.74. The summed E-state index contributed by atoms with van der Waals surface area (Å²) in [5, 5.41) is 3.07. The van der Waals surface area contributed by atoms with Gasteiger partial charge in [0.25, 0.3) is 0 Å². The van der Waals surface area contributed by atoms with Crippen molar-refractivity contribution in [1.29, 1.82) is 0 Å². The summed E-state index contributed by atoms with van der Waals surface area (Å²) in [7, 11) is 1.67. The molecule has 3 fully saturated rings. The molecular weight excluding hydrogens is 416 g/mol. The molecule has 3 saturated heterocycles. The predicted molar refractivity (Wildman–Crippen MR) is 129 cm³/mol.